The van der Waals surface area contributed by atoms with Gasteiger partial charge in [0.15, 0.2) is 0 Å². The van der Waals surface area contributed by atoms with Gasteiger partial charge in [-0.1, -0.05) is 47.5 Å². The van der Waals surface area contributed by atoms with E-state index in [-0.39, 0.29) is 4.90 Å². The van der Waals surface area contributed by atoms with Crippen LogP contribution in [0.15, 0.2) is 59.0 Å². The molecule has 0 atom stereocenters. The quantitative estimate of drug-likeness (QED) is 0.907. The Kier molecular flexibility index (Phi) is 4.70. The standard InChI is InChI=1S/C16H16ClNO2S/c1-12-7-9-14(10-8-12)21(19,20)18-16-6-4-3-5-15(16)13(2)11-17/h3-11,18H,1-2H3/b13-11+. The van der Waals surface area contributed by atoms with E-state index >= 15 is 0 Å². The number of nitrogens with one attached hydrogen (secondary N) is 1. The molecule has 0 aliphatic rings. The predicted molar refractivity (Wildman–Crippen MR) is 87.9 cm³/mol. The molecule has 110 valence electrons. The first kappa shape index (κ1) is 15.6. The fourth-order valence-electron chi connectivity index (χ4n) is 1.90. The number of benzene rings is 2. The largest absolute Gasteiger partial charge is 0.279 e. The first-order chi connectivity index (χ1) is 9.94. The molecule has 0 saturated heterocycles. The summed E-state index contributed by atoms with van der Waals surface area (Å²) in [6, 6.07) is 13.9. The molecule has 3 nitrogen and oxygen atoms in total. The second-order valence-corrected chi connectivity index (χ2v) is 6.66. The molecule has 0 spiro atoms. The Morgan fingerprint density at radius 2 is 1.71 bits per heavy atom. The number of para-hydroxylation sites is 1. The topological polar surface area (TPSA) is 46.2 Å². The van der Waals surface area contributed by atoms with E-state index in [1.165, 1.54) is 5.54 Å². The SMILES string of the molecule is C/C(=C\Cl)c1ccccc1NS(=O)(=O)c1ccc(C)cc1. The third-order valence-corrected chi connectivity index (χ3v) is 4.80. The van der Waals surface area contributed by atoms with Crippen molar-refractivity contribution in [2.75, 3.05) is 4.72 Å². The number of sulfonamides is 1. The Morgan fingerprint density at radius 3 is 2.33 bits per heavy atom. The molecule has 0 saturated carbocycles. The Hall–Kier alpha value is -1.78. The fraction of sp³-hybridized carbons (Fsp3) is 0.125. The molecule has 0 aliphatic carbocycles. The average Bonchev–Trinajstić information content (AvgIpc) is 2.47. The van der Waals surface area contributed by atoms with Gasteiger partial charge in [-0.3, -0.25) is 4.72 Å². The number of rotatable bonds is 4. The molecule has 0 unspecified atom stereocenters. The van der Waals surface area contributed by atoms with Crippen LogP contribution >= 0.6 is 11.6 Å². The lowest BCUT2D eigenvalue weighted by molar-refractivity contribution is 0.601. The summed E-state index contributed by atoms with van der Waals surface area (Å²) in [5, 5.41) is 0. The maximum atomic E-state index is 12.4. The molecule has 21 heavy (non-hydrogen) atoms. The highest BCUT2D eigenvalue weighted by molar-refractivity contribution is 7.92. The van der Waals surface area contributed by atoms with Gasteiger partial charge < -0.3 is 0 Å². The molecule has 0 aromatic heterocycles. The van der Waals surface area contributed by atoms with E-state index in [2.05, 4.69) is 4.72 Å². The van der Waals surface area contributed by atoms with Crippen molar-refractivity contribution in [2.24, 2.45) is 0 Å². The molecule has 0 bridgehead atoms. The first-order valence-corrected chi connectivity index (χ1v) is 8.32. The van der Waals surface area contributed by atoms with Crippen LogP contribution < -0.4 is 4.72 Å². The van der Waals surface area contributed by atoms with Crippen molar-refractivity contribution in [1.82, 2.24) is 0 Å². The molecule has 0 radical (unpaired) electrons. The van der Waals surface area contributed by atoms with Gasteiger partial charge in [0.25, 0.3) is 10.0 Å². The maximum absolute atomic E-state index is 12.4. The van der Waals surface area contributed by atoms with Gasteiger partial charge in [0.2, 0.25) is 0 Å². The number of hydrogen-bond donors (Lipinski definition) is 1. The molecule has 0 heterocycles. The lowest BCUT2D eigenvalue weighted by Crippen LogP contribution is -2.14. The lowest BCUT2D eigenvalue weighted by atomic mass is 10.1. The molecule has 0 amide bonds. The van der Waals surface area contributed by atoms with Crippen LogP contribution in [0.4, 0.5) is 5.69 Å². The molecule has 2 aromatic carbocycles. The Labute approximate surface area is 130 Å². The van der Waals surface area contributed by atoms with Gasteiger partial charge in [0.05, 0.1) is 10.6 Å². The van der Waals surface area contributed by atoms with Crippen molar-refractivity contribution >= 4 is 32.9 Å². The highest BCUT2D eigenvalue weighted by Crippen LogP contribution is 2.26. The molecule has 1 N–H and O–H groups in total. The normalized spacial score (nSPS) is 12.2. The van der Waals surface area contributed by atoms with E-state index in [0.29, 0.717) is 5.69 Å². The molecule has 0 fully saturated rings. The monoisotopic (exact) mass is 321 g/mol. The summed E-state index contributed by atoms with van der Waals surface area (Å²) in [7, 11) is -3.61. The number of anilines is 1. The van der Waals surface area contributed by atoms with Gasteiger partial charge >= 0.3 is 0 Å². The minimum Gasteiger partial charge on any atom is -0.279 e. The highest BCUT2D eigenvalue weighted by Gasteiger charge is 2.15. The minimum atomic E-state index is -3.61. The molecular weight excluding hydrogens is 306 g/mol. The van der Waals surface area contributed by atoms with E-state index in [0.717, 1.165) is 16.7 Å². The summed E-state index contributed by atoms with van der Waals surface area (Å²) in [4.78, 5) is 0.232. The third kappa shape index (κ3) is 3.65. The molecule has 5 heteroatoms. The van der Waals surface area contributed by atoms with Crippen LogP contribution in [-0.2, 0) is 10.0 Å². The van der Waals surface area contributed by atoms with Gasteiger partial charge in [0, 0.05) is 11.1 Å². The smallest absolute Gasteiger partial charge is 0.261 e. The van der Waals surface area contributed by atoms with Gasteiger partial charge in [-0.15, -0.1) is 0 Å². The van der Waals surface area contributed by atoms with Crippen LogP contribution in [0, 0.1) is 6.92 Å². The van der Waals surface area contributed by atoms with E-state index < -0.39 is 10.0 Å². The van der Waals surface area contributed by atoms with Crippen LogP contribution in [0.25, 0.3) is 5.57 Å². The number of aryl methyl sites for hydroxylation is 1. The molecule has 2 rings (SSSR count). The minimum absolute atomic E-state index is 0.232. The van der Waals surface area contributed by atoms with Crippen molar-refractivity contribution in [3.63, 3.8) is 0 Å². The number of hydrogen-bond acceptors (Lipinski definition) is 2. The average molecular weight is 322 g/mol. The number of allylic oxidation sites excluding steroid dienone is 1. The summed E-state index contributed by atoms with van der Waals surface area (Å²) >= 11 is 5.72. The van der Waals surface area contributed by atoms with Crippen LogP contribution in [-0.4, -0.2) is 8.42 Å². The van der Waals surface area contributed by atoms with Gasteiger partial charge in [-0.05, 0) is 37.6 Å². The van der Waals surface area contributed by atoms with E-state index in [9.17, 15) is 8.42 Å². The zero-order valence-corrected chi connectivity index (χ0v) is 13.4. The van der Waals surface area contributed by atoms with Crippen LogP contribution in [0.2, 0.25) is 0 Å². The van der Waals surface area contributed by atoms with Crippen molar-refractivity contribution < 1.29 is 8.42 Å². The van der Waals surface area contributed by atoms with Crippen LogP contribution in [0.5, 0.6) is 0 Å². The Morgan fingerprint density at radius 1 is 1.10 bits per heavy atom. The van der Waals surface area contributed by atoms with Crippen molar-refractivity contribution in [2.45, 2.75) is 18.7 Å². The maximum Gasteiger partial charge on any atom is 0.261 e. The first-order valence-electron chi connectivity index (χ1n) is 6.40. The molecule has 2 aromatic rings. The Balaban J connectivity index is 2.40. The highest BCUT2D eigenvalue weighted by atomic mass is 35.5. The number of halogens is 1. The molecule has 0 aliphatic heterocycles. The fourth-order valence-corrected chi connectivity index (χ4v) is 3.09. The summed E-state index contributed by atoms with van der Waals surface area (Å²) in [5.41, 5.74) is 4.49. The predicted octanol–water partition coefficient (Wildman–Crippen LogP) is 4.40. The zero-order chi connectivity index (χ0) is 15.5. The third-order valence-electron chi connectivity index (χ3n) is 3.09. The van der Waals surface area contributed by atoms with E-state index in [1.807, 2.05) is 26.0 Å². The zero-order valence-electron chi connectivity index (χ0n) is 11.8. The van der Waals surface area contributed by atoms with Crippen molar-refractivity contribution in [3.05, 3.63) is 65.2 Å². The van der Waals surface area contributed by atoms with Gasteiger partial charge in [0.1, 0.15) is 0 Å². The second-order valence-electron chi connectivity index (χ2n) is 4.76. The van der Waals surface area contributed by atoms with Crippen molar-refractivity contribution in [3.8, 4) is 0 Å². The second kappa shape index (κ2) is 6.33. The van der Waals surface area contributed by atoms with Crippen LogP contribution in [0.3, 0.4) is 0 Å². The summed E-state index contributed by atoms with van der Waals surface area (Å²) < 4.78 is 27.4. The van der Waals surface area contributed by atoms with Crippen molar-refractivity contribution in [1.29, 1.82) is 0 Å². The van der Waals surface area contributed by atoms with Crippen LogP contribution in [0.1, 0.15) is 18.1 Å². The summed E-state index contributed by atoms with van der Waals surface area (Å²) in [6.45, 7) is 3.74. The summed E-state index contributed by atoms with van der Waals surface area (Å²) in [5.74, 6) is 0. The van der Waals surface area contributed by atoms with Gasteiger partial charge in [-0.2, -0.15) is 0 Å². The summed E-state index contributed by atoms with van der Waals surface area (Å²) in [6.07, 6.45) is 0. The van der Waals surface area contributed by atoms with E-state index in [4.69, 9.17) is 11.6 Å². The molecular formula is C16H16ClNO2S. The lowest BCUT2D eigenvalue weighted by Gasteiger charge is -2.12. The van der Waals surface area contributed by atoms with Gasteiger partial charge in [-0.25, -0.2) is 8.42 Å². The van der Waals surface area contributed by atoms with E-state index in [1.54, 1.807) is 36.4 Å². The Bertz CT molecular complexity index is 765.